The molecule has 0 bridgehead atoms. The zero-order chi connectivity index (χ0) is 14.6. The zero-order valence-electron chi connectivity index (χ0n) is 11.1. The minimum Gasteiger partial charge on any atom is -0.340 e. The fourth-order valence-electron chi connectivity index (χ4n) is 1.63. The predicted octanol–water partition coefficient (Wildman–Crippen LogP) is -0.662. The third-order valence-corrected chi connectivity index (χ3v) is 2.81. The molecule has 0 aromatic heterocycles. The predicted molar refractivity (Wildman–Crippen MR) is 66.5 cm³/mol. The van der Waals surface area contributed by atoms with Gasteiger partial charge in [0.1, 0.15) is 6.04 Å². The van der Waals surface area contributed by atoms with Crippen molar-refractivity contribution in [2.24, 2.45) is 0 Å². The van der Waals surface area contributed by atoms with Gasteiger partial charge in [0.2, 0.25) is 23.6 Å². The molecule has 1 aliphatic rings. The van der Waals surface area contributed by atoms with Gasteiger partial charge in [0.15, 0.2) is 0 Å². The summed E-state index contributed by atoms with van der Waals surface area (Å²) >= 11 is 0. The van der Waals surface area contributed by atoms with Crippen LogP contribution in [0.2, 0.25) is 0 Å². The molecule has 7 heteroatoms. The van der Waals surface area contributed by atoms with Crippen molar-refractivity contribution in [1.82, 2.24) is 16.0 Å². The number of imide groups is 1. The maximum Gasteiger partial charge on any atom is 0.249 e. The second-order valence-electron chi connectivity index (χ2n) is 4.41. The van der Waals surface area contributed by atoms with E-state index in [0.29, 0.717) is 11.3 Å². The first kappa shape index (κ1) is 14.9. The first-order valence-electron chi connectivity index (χ1n) is 5.91. The Bertz CT molecular complexity index is 468. The lowest BCUT2D eigenvalue weighted by Gasteiger charge is -2.22. The molecule has 1 aliphatic heterocycles. The van der Waals surface area contributed by atoms with Crippen molar-refractivity contribution in [1.29, 1.82) is 0 Å². The molecule has 0 aliphatic carbocycles. The van der Waals surface area contributed by atoms with Gasteiger partial charge >= 0.3 is 0 Å². The van der Waals surface area contributed by atoms with E-state index >= 15 is 0 Å². The number of hydrogen-bond acceptors (Lipinski definition) is 4. The van der Waals surface area contributed by atoms with Crippen molar-refractivity contribution in [3.8, 4) is 0 Å². The van der Waals surface area contributed by atoms with Crippen molar-refractivity contribution in [2.75, 3.05) is 0 Å². The van der Waals surface area contributed by atoms with E-state index in [4.69, 9.17) is 0 Å². The molecule has 0 aromatic rings. The van der Waals surface area contributed by atoms with Crippen molar-refractivity contribution in [2.45, 2.75) is 39.7 Å². The standard InChI is InChI=1S/C12H17N3O4/c1-6(7(2)13-8(3)16)11(18)14-9-4-5-10(17)15-12(9)19/h9H,4-5H2,1-3H3,(H,13,16)(H,14,18)(H,15,17,19). The molecule has 0 aromatic carbocycles. The Labute approximate surface area is 110 Å². The number of piperidine rings is 1. The van der Waals surface area contributed by atoms with Gasteiger partial charge in [0.25, 0.3) is 0 Å². The summed E-state index contributed by atoms with van der Waals surface area (Å²) in [4.78, 5) is 45.2. The van der Waals surface area contributed by atoms with Gasteiger partial charge in [-0.2, -0.15) is 0 Å². The lowest BCUT2D eigenvalue weighted by atomic mass is 10.1. The second-order valence-corrected chi connectivity index (χ2v) is 4.41. The molecule has 1 saturated heterocycles. The highest BCUT2D eigenvalue weighted by molar-refractivity contribution is 6.03. The summed E-state index contributed by atoms with van der Waals surface area (Å²) in [5, 5.41) is 7.19. The average molecular weight is 267 g/mol. The van der Waals surface area contributed by atoms with Gasteiger partial charge in [-0.25, -0.2) is 0 Å². The van der Waals surface area contributed by atoms with Gasteiger partial charge in [0, 0.05) is 24.6 Å². The van der Waals surface area contributed by atoms with Crippen molar-refractivity contribution >= 4 is 23.6 Å². The highest BCUT2D eigenvalue weighted by Crippen LogP contribution is 2.07. The van der Waals surface area contributed by atoms with Crippen LogP contribution in [-0.4, -0.2) is 29.7 Å². The third kappa shape index (κ3) is 4.20. The quantitative estimate of drug-likeness (QED) is 0.466. The lowest BCUT2D eigenvalue weighted by molar-refractivity contribution is -0.136. The van der Waals surface area contributed by atoms with Crippen LogP contribution in [0.25, 0.3) is 0 Å². The Kier molecular flexibility index (Phi) is 4.80. The van der Waals surface area contributed by atoms with E-state index in [0.717, 1.165) is 0 Å². The van der Waals surface area contributed by atoms with Crippen molar-refractivity contribution in [3.05, 3.63) is 11.3 Å². The smallest absolute Gasteiger partial charge is 0.249 e. The molecule has 1 rings (SSSR count). The lowest BCUT2D eigenvalue weighted by Crippen LogP contribution is -2.52. The molecule has 1 heterocycles. The maximum absolute atomic E-state index is 11.9. The summed E-state index contributed by atoms with van der Waals surface area (Å²) in [5.41, 5.74) is 0.747. The Morgan fingerprint density at radius 3 is 2.37 bits per heavy atom. The molecule has 7 nitrogen and oxygen atoms in total. The highest BCUT2D eigenvalue weighted by Gasteiger charge is 2.28. The molecule has 0 saturated carbocycles. The van der Waals surface area contributed by atoms with Crippen LogP contribution in [0.3, 0.4) is 0 Å². The molecule has 1 atom stereocenters. The summed E-state index contributed by atoms with van der Waals surface area (Å²) < 4.78 is 0. The van der Waals surface area contributed by atoms with Gasteiger partial charge in [-0.05, 0) is 20.3 Å². The number of rotatable bonds is 3. The molecule has 4 amide bonds. The molecule has 104 valence electrons. The van der Waals surface area contributed by atoms with E-state index in [9.17, 15) is 19.2 Å². The van der Waals surface area contributed by atoms with Crippen LogP contribution in [0, 0.1) is 0 Å². The zero-order valence-corrected chi connectivity index (χ0v) is 11.1. The van der Waals surface area contributed by atoms with Crippen LogP contribution in [0.4, 0.5) is 0 Å². The van der Waals surface area contributed by atoms with Gasteiger partial charge in [0.05, 0.1) is 0 Å². The fourth-order valence-corrected chi connectivity index (χ4v) is 1.63. The Morgan fingerprint density at radius 1 is 1.21 bits per heavy atom. The normalized spacial score (nSPS) is 20.3. The van der Waals surface area contributed by atoms with Crippen molar-refractivity contribution in [3.63, 3.8) is 0 Å². The number of allylic oxidation sites excluding steroid dienone is 1. The Hall–Kier alpha value is -2.18. The van der Waals surface area contributed by atoms with Crippen LogP contribution in [0.1, 0.15) is 33.6 Å². The van der Waals surface area contributed by atoms with Gasteiger partial charge < -0.3 is 10.6 Å². The minimum absolute atomic E-state index is 0.199. The van der Waals surface area contributed by atoms with Crippen molar-refractivity contribution < 1.29 is 19.2 Å². The van der Waals surface area contributed by atoms with Crippen LogP contribution in [-0.2, 0) is 19.2 Å². The number of nitrogens with one attached hydrogen (secondary N) is 3. The molecular weight excluding hydrogens is 250 g/mol. The Balaban J connectivity index is 2.66. The van der Waals surface area contributed by atoms with Crippen LogP contribution in [0.5, 0.6) is 0 Å². The van der Waals surface area contributed by atoms with Crippen LogP contribution < -0.4 is 16.0 Å². The molecule has 3 N–H and O–H groups in total. The molecule has 1 fully saturated rings. The van der Waals surface area contributed by atoms with Gasteiger partial charge in [-0.3, -0.25) is 24.5 Å². The number of carbonyl (C=O) groups excluding carboxylic acids is 4. The highest BCUT2D eigenvalue weighted by atomic mass is 16.2. The van der Waals surface area contributed by atoms with Crippen LogP contribution >= 0.6 is 0 Å². The summed E-state index contributed by atoms with van der Waals surface area (Å²) in [6, 6.07) is -0.717. The summed E-state index contributed by atoms with van der Waals surface area (Å²) in [6.45, 7) is 4.49. The summed E-state index contributed by atoms with van der Waals surface area (Å²) in [6.07, 6.45) is 0.479. The molecule has 19 heavy (non-hydrogen) atoms. The monoisotopic (exact) mass is 267 g/mol. The maximum atomic E-state index is 11.9. The Morgan fingerprint density at radius 2 is 1.84 bits per heavy atom. The van der Waals surface area contributed by atoms with E-state index < -0.39 is 17.9 Å². The van der Waals surface area contributed by atoms with E-state index in [1.807, 2.05) is 0 Å². The molecule has 0 spiro atoms. The number of hydrogen-bond donors (Lipinski definition) is 3. The van der Waals surface area contributed by atoms with E-state index in [2.05, 4.69) is 16.0 Å². The second kappa shape index (κ2) is 6.12. The largest absolute Gasteiger partial charge is 0.340 e. The van der Waals surface area contributed by atoms with Crippen LogP contribution in [0.15, 0.2) is 11.3 Å². The average Bonchev–Trinajstić information content (AvgIpc) is 2.30. The topological polar surface area (TPSA) is 104 Å². The fraction of sp³-hybridized carbons (Fsp3) is 0.500. The number of carbonyl (C=O) groups is 4. The first-order chi connectivity index (χ1) is 8.81. The third-order valence-electron chi connectivity index (χ3n) is 2.81. The summed E-state index contributed by atoms with van der Waals surface area (Å²) in [7, 11) is 0. The number of amides is 4. The molecular formula is C12H17N3O4. The van der Waals surface area contributed by atoms with Gasteiger partial charge in [-0.1, -0.05) is 0 Å². The molecule has 1 unspecified atom stereocenters. The van der Waals surface area contributed by atoms with Gasteiger partial charge in [-0.15, -0.1) is 0 Å². The first-order valence-corrected chi connectivity index (χ1v) is 5.91. The van der Waals surface area contributed by atoms with E-state index in [1.165, 1.54) is 6.92 Å². The SMILES string of the molecule is CC(=O)NC(C)=C(C)C(=O)NC1CCC(=O)NC1=O. The van der Waals surface area contributed by atoms with E-state index in [-0.39, 0.29) is 24.7 Å². The minimum atomic E-state index is -0.717. The van der Waals surface area contributed by atoms with E-state index in [1.54, 1.807) is 13.8 Å². The summed E-state index contributed by atoms with van der Waals surface area (Å²) in [5.74, 6) is -1.56. The molecule has 0 radical (unpaired) electrons.